The molecule has 4 aliphatic rings. The average Bonchev–Trinajstić information content (AvgIpc) is 3.53. The van der Waals surface area contributed by atoms with E-state index in [1.165, 1.54) is 0 Å². The summed E-state index contributed by atoms with van der Waals surface area (Å²) in [5, 5.41) is 0. The Morgan fingerprint density at radius 2 is 1.04 bits per heavy atom. The zero-order chi connectivity index (χ0) is 39.0. The first kappa shape index (κ1) is 40.4. The van der Waals surface area contributed by atoms with Crippen LogP contribution in [0, 0.1) is 10.8 Å². The van der Waals surface area contributed by atoms with Crippen LogP contribution in [0.3, 0.4) is 0 Å². The highest BCUT2D eigenvalue weighted by molar-refractivity contribution is 6.55. The molecule has 2 aromatic carbocycles. The van der Waals surface area contributed by atoms with Crippen LogP contribution in [0.2, 0.25) is 0 Å². The average molecular weight is 747 g/mol. The zero-order valence-electron chi connectivity index (χ0n) is 32.8. The summed E-state index contributed by atoms with van der Waals surface area (Å²) in [5.74, 6) is -1.07. The zero-order valence-corrected chi connectivity index (χ0v) is 32.8. The summed E-state index contributed by atoms with van der Waals surface area (Å²) in [4.78, 5) is 26.3. The SMILES string of the molecule is CC1(C)OB(C2=CCC(CF)(C(=O)OCc3ccc(CC4(C)OB(C5=CCC(CF)(C(=O)OCc6ccccc6)CC5)OC4(C)C)cc3)CC2)OC1(C)C. The molecule has 0 amide bonds. The van der Waals surface area contributed by atoms with Gasteiger partial charge in [0.1, 0.15) is 26.6 Å². The van der Waals surface area contributed by atoms with Gasteiger partial charge in [-0.05, 0) is 115 Å². The number of benzene rings is 2. The molecule has 12 heteroatoms. The molecule has 2 aliphatic carbocycles. The maximum Gasteiger partial charge on any atom is 0.490 e. The lowest BCUT2D eigenvalue weighted by Gasteiger charge is -2.36. The highest BCUT2D eigenvalue weighted by Crippen LogP contribution is 2.46. The number of rotatable bonds is 12. The summed E-state index contributed by atoms with van der Waals surface area (Å²) >= 11 is 0. The van der Waals surface area contributed by atoms with Crippen LogP contribution in [0.25, 0.3) is 0 Å². The number of hydrogen-bond acceptors (Lipinski definition) is 8. The van der Waals surface area contributed by atoms with Gasteiger partial charge in [0, 0.05) is 6.42 Å². The van der Waals surface area contributed by atoms with Crippen molar-refractivity contribution in [3.8, 4) is 0 Å². The second kappa shape index (κ2) is 15.3. The molecule has 290 valence electrons. The van der Waals surface area contributed by atoms with E-state index in [2.05, 4.69) is 0 Å². The van der Waals surface area contributed by atoms with Gasteiger partial charge in [-0.25, -0.2) is 8.78 Å². The van der Waals surface area contributed by atoms with Crippen LogP contribution in [-0.4, -0.2) is 61.9 Å². The molecule has 0 spiro atoms. The van der Waals surface area contributed by atoms with Crippen molar-refractivity contribution in [2.24, 2.45) is 10.8 Å². The van der Waals surface area contributed by atoms with Crippen LogP contribution in [0.5, 0.6) is 0 Å². The predicted octanol–water partition coefficient (Wildman–Crippen LogP) is 8.39. The molecule has 2 aliphatic heterocycles. The summed E-state index contributed by atoms with van der Waals surface area (Å²) < 4.78 is 65.5. The fraction of sp³-hybridized carbons (Fsp3) is 0.571. The molecule has 2 heterocycles. The molecule has 0 aromatic heterocycles. The largest absolute Gasteiger partial charge is 0.490 e. The Morgan fingerprint density at radius 1 is 0.611 bits per heavy atom. The van der Waals surface area contributed by atoms with Crippen LogP contribution in [-0.2, 0) is 57.3 Å². The van der Waals surface area contributed by atoms with Crippen molar-refractivity contribution >= 4 is 26.2 Å². The van der Waals surface area contributed by atoms with Crippen LogP contribution < -0.4 is 0 Å². The molecule has 0 bridgehead atoms. The molecular weight excluding hydrogens is 692 g/mol. The van der Waals surface area contributed by atoms with Gasteiger partial charge in [-0.1, -0.05) is 66.7 Å². The third-order valence-corrected chi connectivity index (χ3v) is 12.7. The first-order chi connectivity index (χ1) is 25.5. The first-order valence-corrected chi connectivity index (χ1v) is 19.1. The molecule has 6 rings (SSSR count). The van der Waals surface area contributed by atoms with E-state index in [0.717, 1.165) is 27.6 Å². The minimum absolute atomic E-state index is 0.0351. The van der Waals surface area contributed by atoms with Crippen LogP contribution in [0.4, 0.5) is 8.78 Å². The second-order valence-electron chi connectivity index (χ2n) is 17.3. The van der Waals surface area contributed by atoms with Gasteiger partial charge in [-0.3, -0.25) is 9.59 Å². The molecule has 0 saturated carbocycles. The summed E-state index contributed by atoms with van der Waals surface area (Å²) in [6.45, 7) is 12.5. The Balaban J connectivity index is 1.02. The summed E-state index contributed by atoms with van der Waals surface area (Å²) in [6, 6.07) is 17.1. The van der Waals surface area contributed by atoms with Crippen molar-refractivity contribution < 1.29 is 46.5 Å². The van der Waals surface area contributed by atoms with E-state index in [-0.39, 0.29) is 26.1 Å². The van der Waals surface area contributed by atoms with Gasteiger partial charge in [0.05, 0.1) is 33.2 Å². The number of allylic oxidation sites excluding steroid dienone is 4. The molecule has 0 radical (unpaired) electrons. The highest BCUT2D eigenvalue weighted by Gasteiger charge is 2.56. The van der Waals surface area contributed by atoms with Crippen LogP contribution >= 0.6 is 0 Å². The lowest BCUT2D eigenvalue weighted by atomic mass is 9.66. The van der Waals surface area contributed by atoms with E-state index in [1.807, 2.05) is 115 Å². The molecule has 54 heavy (non-hydrogen) atoms. The van der Waals surface area contributed by atoms with Crippen LogP contribution in [0.1, 0.15) is 104 Å². The quantitative estimate of drug-likeness (QED) is 0.158. The number of esters is 2. The molecule has 3 atom stereocenters. The van der Waals surface area contributed by atoms with Gasteiger partial charge in [0.25, 0.3) is 0 Å². The van der Waals surface area contributed by atoms with Gasteiger partial charge >= 0.3 is 26.2 Å². The molecule has 0 N–H and O–H groups in total. The van der Waals surface area contributed by atoms with Gasteiger partial charge in [-0.2, -0.15) is 0 Å². The normalized spacial score (nSPS) is 28.7. The monoisotopic (exact) mass is 746 g/mol. The van der Waals surface area contributed by atoms with E-state index < -0.39 is 72.8 Å². The van der Waals surface area contributed by atoms with E-state index >= 15 is 0 Å². The Hall–Kier alpha value is -3.31. The van der Waals surface area contributed by atoms with Gasteiger partial charge in [0.2, 0.25) is 0 Å². The Bertz CT molecular complexity index is 1730. The topological polar surface area (TPSA) is 89.5 Å². The van der Waals surface area contributed by atoms with Crippen molar-refractivity contribution in [2.45, 2.75) is 129 Å². The summed E-state index contributed by atoms with van der Waals surface area (Å²) in [6.07, 6.45) is 6.33. The van der Waals surface area contributed by atoms with Crippen molar-refractivity contribution in [3.05, 3.63) is 94.4 Å². The fourth-order valence-electron chi connectivity index (χ4n) is 7.50. The van der Waals surface area contributed by atoms with Gasteiger partial charge < -0.3 is 28.1 Å². The Kier molecular flexibility index (Phi) is 11.4. The van der Waals surface area contributed by atoms with E-state index in [9.17, 15) is 18.4 Å². The molecule has 8 nitrogen and oxygen atoms in total. The minimum Gasteiger partial charge on any atom is -0.460 e. The van der Waals surface area contributed by atoms with Crippen molar-refractivity contribution in [3.63, 3.8) is 0 Å². The maximum absolute atomic E-state index is 14.5. The van der Waals surface area contributed by atoms with Crippen LogP contribution in [0.15, 0.2) is 77.7 Å². The second-order valence-corrected chi connectivity index (χ2v) is 17.3. The predicted molar refractivity (Wildman–Crippen MR) is 203 cm³/mol. The summed E-state index contributed by atoms with van der Waals surface area (Å²) in [7, 11) is -1.12. The molecule has 2 aromatic rings. The number of ether oxygens (including phenoxy) is 2. The fourth-order valence-corrected chi connectivity index (χ4v) is 7.50. The Labute approximate surface area is 319 Å². The molecule has 2 saturated heterocycles. The lowest BCUT2D eigenvalue weighted by molar-refractivity contribution is -0.160. The van der Waals surface area contributed by atoms with Crippen molar-refractivity contribution in [1.82, 2.24) is 0 Å². The van der Waals surface area contributed by atoms with Gasteiger partial charge in [-0.15, -0.1) is 0 Å². The molecule has 3 unspecified atom stereocenters. The summed E-state index contributed by atoms with van der Waals surface area (Å²) in [5.41, 5.74) is -0.260. The number of carbonyl (C=O) groups excluding carboxylic acids is 2. The molecular formula is C42H54B2F2O8. The highest BCUT2D eigenvalue weighted by atomic mass is 19.1. The molecule has 2 fully saturated rings. The third-order valence-electron chi connectivity index (χ3n) is 12.7. The number of carbonyl (C=O) groups is 2. The standard InChI is InChI=1S/C42H54B2F2O8/c1-37(2)38(3,4)52-43(51-37)33-17-21-41(28-45,22-18-33)36(48)50-27-32-15-13-30(14-16-32)25-40(7)39(5,6)53-44(54-40)34-19-23-42(29-46,24-20-34)35(47)49-26-31-11-9-8-10-12-31/h8-17,19H,18,20-29H2,1-7H3. The third kappa shape index (κ3) is 7.99. The number of halogens is 2. The number of alkyl halides is 2. The maximum atomic E-state index is 14.5. The lowest BCUT2D eigenvalue weighted by Crippen LogP contribution is -2.46. The van der Waals surface area contributed by atoms with E-state index in [4.69, 9.17) is 28.1 Å². The minimum atomic E-state index is -1.23. The van der Waals surface area contributed by atoms with Gasteiger partial charge in [0.15, 0.2) is 0 Å². The smallest absolute Gasteiger partial charge is 0.460 e. The number of hydrogen-bond donors (Lipinski definition) is 0. The van der Waals surface area contributed by atoms with E-state index in [1.54, 1.807) is 0 Å². The first-order valence-electron chi connectivity index (χ1n) is 19.1. The van der Waals surface area contributed by atoms with Crippen molar-refractivity contribution in [2.75, 3.05) is 13.3 Å². The Morgan fingerprint density at radius 3 is 1.48 bits per heavy atom. The van der Waals surface area contributed by atoms with Crippen molar-refractivity contribution in [1.29, 1.82) is 0 Å². The van der Waals surface area contributed by atoms with E-state index in [0.29, 0.717) is 32.1 Å².